The number of benzene rings is 2. The normalized spacial score (nSPS) is 11.6. The van der Waals surface area contributed by atoms with Gasteiger partial charge in [0.15, 0.2) is 5.58 Å². The van der Waals surface area contributed by atoms with Crippen molar-refractivity contribution >= 4 is 32.4 Å². The summed E-state index contributed by atoms with van der Waals surface area (Å²) in [6.07, 6.45) is 2.58. The Morgan fingerprint density at radius 2 is 1.88 bits per heavy atom. The third-order valence-electron chi connectivity index (χ3n) is 4.17. The van der Waals surface area contributed by atoms with Crippen LogP contribution in [0.1, 0.15) is 6.42 Å². The highest BCUT2D eigenvalue weighted by atomic mass is 32.2. The predicted molar refractivity (Wildman–Crippen MR) is 105 cm³/mol. The van der Waals surface area contributed by atoms with Gasteiger partial charge in [0.1, 0.15) is 0 Å². The van der Waals surface area contributed by atoms with Crippen molar-refractivity contribution in [2.45, 2.75) is 11.3 Å². The second kappa shape index (κ2) is 7.80. The van der Waals surface area contributed by atoms with Crippen molar-refractivity contribution in [1.82, 2.24) is 5.32 Å². The Morgan fingerprint density at radius 3 is 2.62 bits per heavy atom. The van der Waals surface area contributed by atoms with E-state index >= 15 is 0 Å². The summed E-state index contributed by atoms with van der Waals surface area (Å²) in [5.74, 6) is 0. The predicted octanol–water partition coefficient (Wildman–Crippen LogP) is 3.28. The number of sulfonamides is 1. The average Bonchev–Trinajstić information content (AvgIpc) is 3.10. The molecule has 1 heterocycles. The van der Waals surface area contributed by atoms with Gasteiger partial charge < -0.3 is 14.6 Å². The molecule has 1 aromatic heterocycles. The van der Waals surface area contributed by atoms with Crippen molar-refractivity contribution in [3.8, 4) is 0 Å². The minimum atomic E-state index is -3.64. The van der Waals surface area contributed by atoms with E-state index in [-0.39, 0.29) is 4.90 Å². The van der Waals surface area contributed by atoms with E-state index in [1.807, 2.05) is 26.2 Å². The smallest absolute Gasteiger partial charge is 0.261 e. The molecule has 0 bridgehead atoms. The molecule has 0 unspecified atom stereocenters. The van der Waals surface area contributed by atoms with Gasteiger partial charge in [-0.1, -0.05) is 18.2 Å². The zero-order chi connectivity index (χ0) is 18.6. The number of hydrogen-bond donors (Lipinski definition) is 2. The summed E-state index contributed by atoms with van der Waals surface area (Å²) in [6.45, 7) is 1.73. The van der Waals surface area contributed by atoms with Crippen LogP contribution < -0.4 is 14.9 Å². The van der Waals surface area contributed by atoms with E-state index in [4.69, 9.17) is 4.42 Å². The summed E-state index contributed by atoms with van der Waals surface area (Å²) in [7, 11) is 0.257. The van der Waals surface area contributed by atoms with Crippen molar-refractivity contribution in [1.29, 1.82) is 0 Å². The summed E-state index contributed by atoms with van der Waals surface area (Å²) in [5.41, 5.74) is 2.12. The Bertz CT molecular complexity index is 968. The van der Waals surface area contributed by atoms with Gasteiger partial charge in [0.2, 0.25) is 0 Å². The number of rotatable bonds is 8. The number of nitrogens with one attached hydrogen (secondary N) is 2. The largest absolute Gasteiger partial charge is 0.462 e. The Balaban J connectivity index is 1.92. The van der Waals surface area contributed by atoms with Gasteiger partial charge in [-0.3, -0.25) is 4.72 Å². The van der Waals surface area contributed by atoms with Gasteiger partial charge in [-0.25, -0.2) is 8.42 Å². The Kier molecular flexibility index (Phi) is 5.49. The van der Waals surface area contributed by atoms with Crippen molar-refractivity contribution in [2.24, 2.45) is 0 Å². The molecule has 0 amide bonds. The molecule has 0 saturated carbocycles. The average molecular weight is 373 g/mol. The first-order valence-electron chi connectivity index (χ1n) is 8.46. The van der Waals surface area contributed by atoms with E-state index in [1.165, 1.54) is 0 Å². The molecule has 138 valence electrons. The van der Waals surface area contributed by atoms with Crippen LogP contribution in [0, 0.1) is 0 Å². The zero-order valence-electron chi connectivity index (χ0n) is 14.9. The second-order valence-corrected chi connectivity index (χ2v) is 7.81. The van der Waals surface area contributed by atoms with Crippen LogP contribution in [0.3, 0.4) is 0 Å². The summed E-state index contributed by atoms with van der Waals surface area (Å²) in [4.78, 5) is 2.31. The van der Waals surface area contributed by atoms with Crippen molar-refractivity contribution in [2.75, 3.05) is 36.8 Å². The second-order valence-electron chi connectivity index (χ2n) is 6.13. The summed E-state index contributed by atoms with van der Waals surface area (Å²) < 4.78 is 33.5. The van der Waals surface area contributed by atoms with E-state index in [0.29, 0.717) is 5.69 Å². The van der Waals surface area contributed by atoms with Crippen LogP contribution in [0.4, 0.5) is 11.4 Å². The van der Waals surface area contributed by atoms with E-state index < -0.39 is 10.0 Å². The Labute approximate surface area is 153 Å². The number of nitrogens with zero attached hydrogens (tertiary/aromatic N) is 1. The summed E-state index contributed by atoms with van der Waals surface area (Å²) >= 11 is 0. The standard InChI is InChI=1S/C19H23N3O3S/c1-20-10-6-11-22(2)18-14-16(13-15-9-12-25-19(15)18)21-26(23,24)17-7-4-3-5-8-17/h3-5,7-9,12-14,20-21H,6,10-11H2,1-2H3. The van der Waals surface area contributed by atoms with Crippen LogP contribution in [0.25, 0.3) is 11.0 Å². The van der Waals surface area contributed by atoms with Gasteiger partial charge in [-0.2, -0.15) is 0 Å². The maximum atomic E-state index is 12.6. The van der Waals surface area contributed by atoms with Gasteiger partial charge >= 0.3 is 0 Å². The number of fused-ring (bicyclic) bond motifs is 1. The molecule has 26 heavy (non-hydrogen) atoms. The van der Waals surface area contributed by atoms with E-state index in [9.17, 15) is 8.42 Å². The highest BCUT2D eigenvalue weighted by Crippen LogP contribution is 2.32. The van der Waals surface area contributed by atoms with Crippen LogP contribution in [0.2, 0.25) is 0 Å². The first-order valence-corrected chi connectivity index (χ1v) is 9.94. The molecule has 0 aliphatic rings. The quantitative estimate of drug-likeness (QED) is 0.593. The molecular formula is C19H23N3O3S. The number of anilines is 2. The third kappa shape index (κ3) is 4.00. The lowest BCUT2D eigenvalue weighted by Crippen LogP contribution is -2.22. The molecule has 3 aromatic rings. The maximum absolute atomic E-state index is 12.6. The van der Waals surface area contributed by atoms with Gasteiger partial charge in [0, 0.05) is 19.0 Å². The lowest BCUT2D eigenvalue weighted by atomic mass is 10.2. The highest BCUT2D eigenvalue weighted by molar-refractivity contribution is 7.92. The maximum Gasteiger partial charge on any atom is 0.261 e. The van der Waals surface area contributed by atoms with Crippen LogP contribution >= 0.6 is 0 Å². The van der Waals surface area contributed by atoms with Gasteiger partial charge in [-0.05, 0) is 50.3 Å². The molecule has 0 fully saturated rings. The van der Waals surface area contributed by atoms with Crippen molar-refractivity contribution < 1.29 is 12.8 Å². The lowest BCUT2D eigenvalue weighted by Gasteiger charge is -2.20. The van der Waals surface area contributed by atoms with Crippen LogP contribution in [0.5, 0.6) is 0 Å². The highest BCUT2D eigenvalue weighted by Gasteiger charge is 2.17. The van der Waals surface area contributed by atoms with Crippen LogP contribution in [-0.4, -0.2) is 35.6 Å². The molecular weight excluding hydrogens is 350 g/mol. The first kappa shape index (κ1) is 18.3. The minimum absolute atomic E-state index is 0.233. The van der Waals surface area contributed by atoms with E-state index in [1.54, 1.807) is 42.7 Å². The molecule has 0 aliphatic heterocycles. The van der Waals surface area contributed by atoms with Crippen molar-refractivity contribution in [3.63, 3.8) is 0 Å². The molecule has 3 rings (SSSR count). The number of hydrogen-bond acceptors (Lipinski definition) is 5. The fourth-order valence-corrected chi connectivity index (χ4v) is 3.89. The molecule has 0 saturated heterocycles. The summed E-state index contributed by atoms with van der Waals surface area (Å²) in [6, 6.07) is 13.8. The molecule has 0 spiro atoms. The van der Waals surface area contributed by atoms with E-state index in [2.05, 4.69) is 14.9 Å². The van der Waals surface area contributed by atoms with E-state index in [0.717, 1.165) is 36.2 Å². The Morgan fingerprint density at radius 1 is 1.12 bits per heavy atom. The SMILES string of the molecule is CNCCCN(C)c1cc(NS(=O)(=O)c2ccccc2)cc2ccoc12. The fraction of sp³-hybridized carbons (Fsp3) is 0.263. The molecule has 2 aromatic carbocycles. The van der Waals surface area contributed by atoms with Gasteiger partial charge in [0.25, 0.3) is 10.0 Å². The summed E-state index contributed by atoms with van der Waals surface area (Å²) in [5, 5.41) is 3.98. The molecule has 0 radical (unpaired) electrons. The van der Waals surface area contributed by atoms with Gasteiger partial charge in [-0.15, -0.1) is 0 Å². The van der Waals surface area contributed by atoms with Crippen molar-refractivity contribution in [3.05, 3.63) is 54.8 Å². The molecule has 6 nitrogen and oxygen atoms in total. The van der Waals surface area contributed by atoms with Gasteiger partial charge in [0.05, 0.1) is 22.5 Å². The molecule has 2 N–H and O–H groups in total. The third-order valence-corrected chi connectivity index (χ3v) is 5.57. The van der Waals surface area contributed by atoms with Crippen LogP contribution in [-0.2, 0) is 10.0 Å². The monoisotopic (exact) mass is 373 g/mol. The fourth-order valence-electron chi connectivity index (χ4n) is 2.83. The lowest BCUT2D eigenvalue weighted by molar-refractivity contribution is 0.601. The minimum Gasteiger partial charge on any atom is -0.462 e. The molecule has 7 heteroatoms. The Hall–Kier alpha value is -2.51. The van der Waals surface area contributed by atoms with Crippen LogP contribution in [0.15, 0.2) is 64.1 Å². The first-order chi connectivity index (χ1) is 12.5. The zero-order valence-corrected chi connectivity index (χ0v) is 15.7. The molecule has 0 aliphatic carbocycles. The topological polar surface area (TPSA) is 74.6 Å². The molecule has 0 atom stereocenters. The number of furan rings is 1.